The highest BCUT2D eigenvalue weighted by atomic mass is 32.2. The molecule has 32 heavy (non-hydrogen) atoms. The normalized spacial score (nSPS) is 11.2. The molecule has 0 bridgehead atoms. The summed E-state index contributed by atoms with van der Waals surface area (Å²) in [5, 5.41) is 0. The molecule has 3 rings (SSSR count). The number of carbonyl (C=O) groups is 1. The topological polar surface area (TPSA) is 63.7 Å². The molecule has 0 heterocycles. The van der Waals surface area contributed by atoms with Gasteiger partial charge in [-0.25, -0.2) is 8.42 Å². The molecule has 168 valence electrons. The van der Waals surface area contributed by atoms with Gasteiger partial charge in [-0.05, 0) is 74.2 Å². The SMILES string of the molecule is CCCc1ccc(OCC(=O)N(c2cccc(C)c2C)S(=O)(=O)c2ccc(C)cc2)cc1. The van der Waals surface area contributed by atoms with E-state index >= 15 is 0 Å². The van der Waals surface area contributed by atoms with Gasteiger partial charge < -0.3 is 4.74 Å². The number of hydrogen-bond acceptors (Lipinski definition) is 4. The van der Waals surface area contributed by atoms with Gasteiger partial charge >= 0.3 is 0 Å². The molecule has 0 aliphatic carbocycles. The molecule has 6 heteroatoms. The number of sulfonamides is 1. The zero-order chi connectivity index (χ0) is 23.3. The van der Waals surface area contributed by atoms with Crippen molar-refractivity contribution in [1.82, 2.24) is 0 Å². The van der Waals surface area contributed by atoms with Crippen molar-refractivity contribution < 1.29 is 17.9 Å². The van der Waals surface area contributed by atoms with E-state index in [1.165, 1.54) is 17.7 Å². The molecule has 0 unspecified atom stereocenters. The van der Waals surface area contributed by atoms with Crippen molar-refractivity contribution in [2.45, 2.75) is 45.4 Å². The largest absolute Gasteiger partial charge is 0.484 e. The van der Waals surface area contributed by atoms with Crippen LogP contribution in [0.5, 0.6) is 5.75 Å². The zero-order valence-corrected chi connectivity index (χ0v) is 19.8. The maximum atomic E-state index is 13.5. The Bertz CT molecular complexity index is 1180. The first-order valence-corrected chi connectivity index (χ1v) is 12.1. The lowest BCUT2D eigenvalue weighted by molar-refractivity contribution is -0.119. The summed E-state index contributed by atoms with van der Waals surface area (Å²) in [6.45, 7) is 7.28. The van der Waals surface area contributed by atoms with Crippen LogP contribution in [0.25, 0.3) is 0 Å². The third-order valence-electron chi connectivity index (χ3n) is 5.40. The van der Waals surface area contributed by atoms with Gasteiger partial charge in [-0.2, -0.15) is 4.31 Å². The third kappa shape index (κ3) is 5.19. The summed E-state index contributed by atoms with van der Waals surface area (Å²) in [4.78, 5) is 13.3. The highest BCUT2D eigenvalue weighted by Crippen LogP contribution is 2.29. The number of aryl methyl sites for hydroxylation is 3. The molecular weight excluding hydrogens is 422 g/mol. The van der Waals surface area contributed by atoms with Crippen LogP contribution in [0.15, 0.2) is 71.6 Å². The molecule has 0 aliphatic rings. The summed E-state index contributed by atoms with van der Waals surface area (Å²) in [6, 6.07) is 19.2. The molecule has 3 aromatic rings. The molecule has 3 aromatic carbocycles. The predicted molar refractivity (Wildman–Crippen MR) is 128 cm³/mol. The lowest BCUT2D eigenvalue weighted by atomic mass is 10.1. The Kier molecular flexibility index (Phi) is 7.36. The van der Waals surface area contributed by atoms with Crippen LogP contribution >= 0.6 is 0 Å². The van der Waals surface area contributed by atoms with Crippen LogP contribution in [-0.2, 0) is 21.2 Å². The zero-order valence-electron chi connectivity index (χ0n) is 19.0. The van der Waals surface area contributed by atoms with E-state index in [1.54, 1.807) is 36.4 Å². The second kappa shape index (κ2) is 10.0. The van der Waals surface area contributed by atoms with Crippen LogP contribution in [0.3, 0.4) is 0 Å². The van der Waals surface area contributed by atoms with Crippen LogP contribution in [-0.4, -0.2) is 20.9 Å². The quantitative estimate of drug-likeness (QED) is 0.462. The Morgan fingerprint density at radius 3 is 2.19 bits per heavy atom. The van der Waals surface area contributed by atoms with Crippen LogP contribution in [0.2, 0.25) is 0 Å². The summed E-state index contributed by atoms with van der Waals surface area (Å²) in [5.74, 6) is -0.135. The van der Waals surface area contributed by atoms with Crippen molar-refractivity contribution >= 4 is 21.6 Å². The fourth-order valence-electron chi connectivity index (χ4n) is 3.41. The lowest BCUT2D eigenvalue weighted by Gasteiger charge is -2.25. The smallest absolute Gasteiger partial charge is 0.278 e. The Morgan fingerprint density at radius 2 is 1.56 bits per heavy atom. The number of ether oxygens (including phenoxy) is 1. The van der Waals surface area contributed by atoms with E-state index < -0.39 is 22.5 Å². The summed E-state index contributed by atoms with van der Waals surface area (Å²) in [5.41, 5.74) is 4.07. The molecule has 0 aromatic heterocycles. The van der Waals surface area contributed by atoms with Crippen LogP contribution < -0.4 is 9.04 Å². The molecule has 0 spiro atoms. The number of amides is 1. The van der Waals surface area contributed by atoms with Crippen LogP contribution in [0, 0.1) is 20.8 Å². The minimum atomic E-state index is -4.12. The van der Waals surface area contributed by atoms with Gasteiger partial charge in [-0.15, -0.1) is 0 Å². The molecule has 1 amide bonds. The molecule has 0 aliphatic heterocycles. The minimum Gasteiger partial charge on any atom is -0.484 e. The number of benzene rings is 3. The monoisotopic (exact) mass is 451 g/mol. The molecular formula is C26H29NO4S. The van der Waals surface area contributed by atoms with Crippen LogP contribution in [0.1, 0.15) is 35.6 Å². The Hall–Kier alpha value is -3.12. The summed E-state index contributed by atoms with van der Waals surface area (Å²) in [6.07, 6.45) is 2.01. The lowest BCUT2D eigenvalue weighted by Crippen LogP contribution is -2.40. The van der Waals surface area contributed by atoms with E-state index in [9.17, 15) is 13.2 Å². The van der Waals surface area contributed by atoms with E-state index in [0.717, 1.165) is 33.8 Å². The Labute approximate surface area is 190 Å². The Balaban J connectivity index is 1.94. The molecule has 5 nitrogen and oxygen atoms in total. The van der Waals surface area contributed by atoms with E-state index in [-0.39, 0.29) is 4.90 Å². The van der Waals surface area contributed by atoms with Gasteiger partial charge in [0.15, 0.2) is 6.61 Å². The molecule has 0 saturated heterocycles. The van der Waals surface area contributed by atoms with Gasteiger partial charge in [-0.3, -0.25) is 4.79 Å². The molecule has 0 saturated carbocycles. The first-order chi connectivity index (χ1) is 15.2. The fourth-order valence-corrected chi connectivity index (χ4v) is 4.88. The fraction of sp³-hybridized carbons (Fsp3) is 0.269. The van der Waals surface area contributed by atoms with Gasteiger partial charge in [0, 0.05) is 0 Å². The van der Waals surface area contributed by atoms with Crippen molar-refractivity contribution in [3.63, 3.8) is 0 Å². The molecule has 0 atom stereocenters. The maximum Gasteiger partial charge on any atom is 0.278 e. The number of rotatable bonds is 8. The van der Waals surface area contributed by atoms with Gasteiger partial charge in [0.2, 0.25) is 0 Å². The van der Waals surface area contributed by atoms with Crippen molar-refractivity contribution in [1.29, 1.82) is 0 Å². The summed E-state index contributed by atoms with van der Waals surface area (Å²) >= 11 is 0. The van der Waals surface area contributed by atoms with Gasteiger partial charge in [-0.1, -0.05) is 55.3 Å². The summed E-state index contributed by atoms with van der Waals surface area (Å²) in [7, 11) is -4.12. The predicted octanol–water partition coefficient (Wildman–Crippen LogP) is 5.37. The standard InChI is InChI=1S/C26H29NO4S/c1-5-7-22-12-14-23(15-13-22)31-18-26(28)27(25-9-6-8-20(3)21(25)4)32(29,30)24-16-10-19(2)11-17-24/h6,8-17H,5,7,18H2,1-4H3. The summed E-state index contributed by atoms with van der Waals surface area (Å²) < 4.78 is 33.6. The van der Waals surface area contributed by atoms with E-state index in [1.807, 2.05) is 39.0 Å². The average molecular weight is 452 g/mol. The van der Waals surface area contributed by atoms with Gasteiger partial charge in [0.05, 0.1) is 10.6 Å². The first kappa shape index (κ1) is 23.5. The highest BCUT2D eigenvalue weighted by molar-refractivity contribution is 7.93. The number of nitrogens with zero attached hydrogens (tertiary/aromatic N) is 1. The van der Waals surface area contributed by atoms with E-state index in [2.05, 4.69) is 6.92 Å². The van der Waals surface area contributed by atoms with Gasteiger partial charge in [0.1, 0.15) is 5.75 Å². The van der Waals surface area contributed by atoms with Crippen molar-refractivity contribution in [2.24, 2.45) is 0 Å². The highest BCUT2D eigenvalue weighted by Gasteiger charge is 2.32. The first-order valence-electron chi connectivity index (χ1n) is 10.7. The molecule has 0 fully saturated rings. The average Bonchev–Trinajstić information content (AvgIpc) is 2.77. The number of anilines is 1. The molecule has 0 radical (unpaired) electrons. The number of carbonyl (C=O) groups excluding carboxylic acids is 1. The van der Waals surface area contributed by atoms with Crippen molar-refractivity contribution in [3.8, 4) is 5.75 Å². The maximum absolute atomic E-state index is 13.5. The second-order valence-electron chi connectivity index (χ2n) is 7.88. The second-order valence-corrected chi connectivity index (χ2v) is 9.66. The van der Waals surface area contributed by atoms with Crippen LogP contribution in [0.4, 0.5) is 5.69 Å². The van der Waals surface area contributed by atoms with E-state index in [4.69, 9.17) is 4.74 Å². The number of hydrogen-bond donors (Lipinski definition) is 0. The van der Waals surface area contributed by atoms with E-state index in [0.29, 0.717) is 11.4 Å². The molecule has 0 N–H and O–H groups in total. The Morgan fingerprint density at radius 1 is 0.906 bits per heavy atom. The minimum absolute atomic E-state index is 0.0567. The van der Waals surface area contributed by atoms with Crippen molar-refractivity contribution in [2.75, 3.05) is 10.9 Å². The third-order valence-corrected chi connectivity index (χ3v) is 7.15. The van der Waals surface area contributed by atoms with Gasteiger partial charge in [0.25, 0.3) is 15.9 Å². The van der Waals surface area contributed by atoms with Crippen molar-refractivity contribution in [3.05, 3.63) is 89.0 Å².